The number of nitro groups is 1. The van der Waals surface area contributed by atoms with Crippen molar-refractivity contribution < 1.29 is 9.66 Å². The molecule has 2 heterocycles. The fourth-order valence-corrected chi connectivity index (χ4v) is 3.09. The molecule has 116 valence electrons. The predicted octanol–water partition coefficient (Wildman–Crippen LogP) is 2.28. The van der Waals surface area contributed by atoms with Gasteiger partial charge in [-0.3, -0.25) is 10.1 Å². The Morgan fingerprint density at radius 1 is 1.41 bits per heavy atom. The summed E-state index contributed by atoms with van der Waals surface area (Å²) >= 11 is 0. The van der Waals surface area contributed by atoms with Crippen LogP contribution in [0, 0.1) is 16.0 Å². The molecule has 0 saturated carbocycles. The van der Waals surface area contributed by atoms with Gasteiger partial charge in [0.05, 0.1) is 4.92 Å². The van der Waals surface area contributed by atoms with E-state index in [2.05, 4.69) is 10.2 Å². The second kappa shape index (κ2) is 6.23. The third-order valence-corrected chi connectivity index (χ3v) is 4.20. The van der Waals surface area contributed by atoms with Gasteiger partial charge in [-0.05, 0) is 24.3 Å². The smallest absolute Gasteiger partial charge is 0.269 e. The van der Waals surface area contributed by atoms with Crippen LogP contribution in [0.1, 0.15) is 30.1 Å². The minimum atomic E-state index is -0.360. The topological polar surface area (TPSA) is 83.1 Å². The van der Waals surface area contributed by atoms with Crippen molar-refractivity contribution in [2.24, 2.45) is 13.0 Å². The lowest BCUT2D eigenvalue weighted by atomic mass is 9.80. The first kappa shape index (κ1) is 14.6. The largest absolute Gasteiger partial charge is 0.381 e. The molecular formula is C15H18N4O3. The molecular weight excluding hydrogens is 284 g/mol. The van der Waals surface area contributed by atoms with E-state index >= 15 is 0 Å². The zero-order chi connectivity index (χ0) is 15.5. The molecule has 0 bridgehead atoms. The average molecular weight is 302 g/mol. The highest BCUT2D eigenvalue weighted by Crippen LogP contribution is 2.37. The summed E-state index contributed by atoms with van der Waals surface area (Å²) in [5.41, 5.74) is 1.02. The molecule has 1 unspecified atom stereocenters. The van der Waals surface area contributed by atoms with E-state index in [1.165, 1.54) is 6.07 Å². The van der Waals surface area contributed by atoms with E-state index < -0.39 is 0 Å². The lowest BCUT2D eigenvalue weighted by Crippen LogP contribution is -2.25. The maximum absolute atomic E-state index is 11.1. The van der Waals surface area contributed by atoms with Crippen molar-refractivity contribution in [3.8, 4) is 0 Å². The number of aryl methyl sites for hydroxylation is 1. The molecule has 3 rings (SSSR count). The van der Waals surface area contributed by atoms with Gasteiger partial charge in [0.2, 0.25) is 0 Å². The fraction of sp³-hybridized carbons (Fsp3) is 0.467. The van der Waals surface area contributed by atoms with Crippen molar-refractivity contribution in [1.82, 2.24) is 14.8 Å². The predicted molar refractivity (Wildman–Crippen MR) is 79.5 cm³/mol. The molecule has 1 aromatic heterocycles. The van der Waals surface area contributed by atoms with Crippen LogP contribution in [0.5, 0.6) is 0 Å². The first-order chi connectivity index (χ1) is 10.7. The maximum Gasteiger partial charge on any atom is 0.269 e. The zero-order valence-corrected chi connectivity index (χ0v) is 12.4. The maximum atomic E-state index is 11.1. The van der Waals surface area contributed by atoms with E-state index in [9.17, 15) is 10.1 Å². The van der Waals surface area contributed by atoms with Crippen LogP contribution in [0.3, 0.4) is 0 Å². The summed E-state index contributed by atoms with van der Waals surface area (Å²) < 4.78 is 7.33. The molecule has 1 aromatic carbocycles. The quantitative estimate of drug-likeness (QED) is 0.639. The van der Waals surface area contributed by atoms with Crippen LogP contribution in [0.15, 0.2) is 30.6 Å². The van der Waals surface area contributed by atoms with Gasteiger partial charge in [0.25, 0.3) is 5.69 Å². The molecule has 7 heteroatoms. The number of aromatic nitrogens is 3. The lowest BCUT2D eigenvalue weighted by molar-refractivity contribution is -0.384. The van der Waals surface area contributed by atoms with Crippen LogP contribution < -0.4 is 0 Å². The van der Waals surface area contributed by atoms with Crippen molar-refractivity contribution in [2.75, 3.05) is 13.2 Å². The van der Waals surface area contributed by atoms with E-state index in [0.717, 1.165) is 24.2 Å². The van der Waals surface area contributed by atoms with E-state index in [4.69, 9.17) is 4.74 Å². The molecule has 1 atom stereocenters. The van der Waals surface area contributed by atoms with E-state index in [0.29, 0.717) is 19.1 Å². The molecule has 0 aliphatic carbocycles. The molecule has 0 N–H and O–H groups in total. The van der Waals surface area contributed by atoms with Crippen LogP contribution >= 0.6 is 0 Å². The standard InChI is InChI=1S/C15H18N4O3/c1-18-10-16-17-15(18)14(11-5-7-22-8-6-11)12-3-2-4-13(9-12)19(20)21/h2-4,9-11,14H,5-8H2,1H3. The van der Waals surface area contributed by atoms with Gasteiger partial charge in [0.15, 0.2) is 0 Å². The van der Waals surface area contributed by atoms with Crippen molar-refractivity contribution in [3.05, 3.63) is 52.1 Å². The van der Waals surface area contributed by atoms with Crippen LogP contribution in [0.2, 0.25) is 0 Å². The Kier molecular flexibility index (Phi) is 4.15. The summed E-state index contributed by atoms with van der Waals surface area (Å²) in [6.45, 7) is 1.43. The van der Waals surface area contributed by atoms with Crippen molar-refractivity contribution in [1.29, 1.82) is 0 Å². The summed E-state index contributed by atoms with van der Waals surface area (Å²) in [6.07, 6.45) is 3.50. The SMILES string of the molecule is Cn1cnnc1C(c1cccc([N+](=O)[O-])c1)C1CCOCC1. The summed E-state index contributed by atoms with van der Waals surface area (Å²) in [6, 6.07) is 6.83. The van der Waals surface area contributed by atoms with Gasteiger partial charge in [-0.2, -0.15) is 0 Å². The Morgan fingerprint density at radius 3 is 2.82 bits per heavy atom. The van der Waals surface area contributed by atoms with Crippen LogP contribution in [-0.2, 0) is 11.8 Å². The van der Waals surface area contributed by atoms with Gasteiger partial charge in [-0.15, -0.1) is 10.2 Å². The number of non-ortho nitro benzene ring substituents is 1. The minimum Gasteiger partial charge on any atom is -0.381 e. The van der Waals surface area contributed by atoms with Crippen molar-refractivity contribution in [2.45, 2.75) is 18.8 Å². The third-order valence-electron chi connectivity index (χ3n) is 4.20. The van der Waals surface area contributed by atoms with E-state index in [1.54, 1.807) is 18.5 Å². The Morgan fingerprint density at radius 2 is 2.18 bits per heavy atom. The van der Waals surface area contributed by atoms with Gasteiger partial charge in [0.1, 0.15) is 12.2 Å². The Labute approximate surface area is 128 Å². The van der Waals surface area contributed by atoms with E-state index in [-0.39, 0.29) is 16.5 Å². The lowest BCUT2D eigenvalue weighted by Gasteiger charge is -2.29. The Hall–Kier alpha value is -2.28. The number of nitro benzene ring substituents is 1. The summed E-state index contributed by atoms with van der Waals surface area (Å²) in [5, 5.41) is 19.3. The molecule has 0 radical (unpaired) electrons. The Balaban J connectivity index is 2.03. The number of rotatable bonds is 4. The van der Waals surface area contributed by atoms with E-state index in [1.807, 2.05) is 17.7 Å². The number of benzene rings is 1. The van der Waals surface area contributed by atoms with Gasteiger partial charge in [0, 0.05) is 38.3 Å². The highest BCUT2D eigenvalue weighted by Gasteiger charge is 2.31. The number of hydrogen-bond donors (Lipinski definition) is 0. The number of hydrogen-bond acceptors (Lipinski definition) is 5. The Bertz CT molecular complexity index is 664. The van der Waals surface area contributed by atoms with Crippen LogP contribution in [0.4, 0.5) is 5.69 Å². The molecule has 0 spiro atoms. The summed E-state index contributed by atoms with van der Waals surface area (Å²) in [7, 11) is 1.90. The molecule has 1 aliphatic rings. The summed E-state index contributed by atoms with van der Waals surface area (Å²) in [4.78, 5) is 10.7. The normalized spacial score (nSPS) is 17.3. The second-order valence-corrected chi connectivity index (χ2v) is 5.58. The fourth-order valence-electron chi connectivity index (χ4n) is 3.09. The molecule has 2 aromatic rings. The monoisotopic (exact) mass is 302 g/mol. The highest BCUT2D eigenvalue weighted by atomic mass is 16.6. The molecule has 0 amide bonds. The average Bonchev–Trinajstić information content (AvgIpc) is 2.95. The van der Waals surface area contributed by atoms with Gasteiger partial charge >= 0.3 is 0 Å². The van der Waals surface area contributed by atoms with Crippen LogP contribution in [-0.4, -0.2) is 32.9 Å². The molecule has 1 aliphatic heterocycles. The zero-order valence-electron chi connectivity index (χ0n) is 12.4. The van der Waals surface area contributed by atoms with Crippen molar-refractivity contribution >= 4 is 5.69 Å². The first-order valence-electron chi connectivity index (χ1n) is 7.33. The molecule has 1 saturated heterocycles. The molecule has 22 heavy (non-hydrogen) atoms. The number of nitrogens with zero attached hydrogens (tertiary/aromatic N) is 4. The van der Waals surface area contributed by atoms with Crippen LogP contribution in [0.25, 0.3) is 0 Å². The first-order valence-corrected chi connectivity index (χ1v) is 7.33. The second-order valence-electron chi connectivity index (χ2n) is 5.58. The summed E-state index contributed by atoms with van der Waals surface area (Å²) in [5.74, 6) is 1.18. The number of ether oxygens (including phenoxy) is 1. The van der Waals surface area contributed by atoms with Gasteiger partial charge in [-0.25, -0.2) is 0 Å². The van der Waals surface area contributed by atoms with Gasteiger partial charge < -0.3 is 9.30 Å². The van der Waals surface area contributed by atoms with Crippen molar-refractivity contribution in [3.63, 3.8) is 0 Å². The highest BCUT2D eigenvalue weighted by molar-refractivity contribution is 5.38. The third kappa shape index (κ3) is 2.85. The minimum absolute atomic E-state index is 0.00343. The van der Waals surface area contributed by atoms with Gasteiger partial charge in [-0.1, -0.05) is 12.1 Å². The molecule has 1 fully saturated rings. The molecule has 7 nitrogen and oxygen atoms in total.